The summed E-state index contributed by atoms with van der Waals surface area (Å²) >= 11 is 0. The van der Waals surface area contributed by atoms with E-state index in [9.17, 15) is 13.6 Å². The molecule has 1 saturated heterocycles. The van der Waals surface area contributed by atoms with Gasteiger partial charge in [-0.05, 0) is 26.0 Å². The van der Waals surface area contributed by atoms with Crippen LogP contribution in [-0.2, 0) is 9.47 Å². The van der Waals surface area contributed by atoms with Gasteiger partial charge in [0, 0.05) is 6.54 Å². The number of hydrogen-bond acceptors (Lipinski definition) is 4. The number of halogens is 2. The number of para-hydroxylation sites is 1. The standard InChI is InChI=1S/C14H17F2NO4/c1-14(2)19-8-9(21-14)7-17-12(18)10-5-3-4-6-11(10)20-13(15)16/h3-6,9,13H,7-8H2,1-2H3,(H,17,18). The molecule has 116 valence electrons. The largest absolute Gasteiger partial charge is 0.434 e. The predicted molar refractivity (Wildman–Crippen MR) is 70.3 cm³/mol. The molecule has 1 atom stereocenters. The van der Waals surface area contributed by atoms with Gasteiger partial charge in [0.25, 0.3) is 5.91 Å². The molecular weight excluding hydrogens is 284 g/mol. The molecule has 0 spiro atoms. The maximum absolute atomic E-state index is 12.3. The molecule has 0 radical (unpaired) electrons. The fourth-order valence-corrected chi connectivity index (χ4v) is 2.02. The van der Waals surface area contributed by atoms with E-state index in [2.05, 4.69) is 10.1 Å². The van der Waals surface area contributed by atoms with Gasteiger partial charge in [0.15, 0.2) is 5.79 Å². The first-order chi connectivity index (χ1) is 9.87. The Bertz CT molecular complexity index is 508. The first kappa shape index (κ1) is 15.7. The van der Waals surface area contributed by atoms with E-state index in [-0.39, 0.29) is 24.0 Å². The lowest BCUT2D eigenvalue weighted by Crippen LogP contribution is -2.34. The third-order valence-electron chi connectivity index (χ3n) is 2.91. The van der Waals surface area contributed by atoms with Crippen molar-refractivity contribution in [1.29, 1.82) is 0 Å². The molecule has 1 fully saturated rings. The molecule has 1 N–H and O–H groups in total. The van der Waals surface area contributed by atoms with Gasteiger partial charge < -0.3 is 19.5 Å². The minimum atomic E-state index is -2.98. The Morgan fingerprint density at radius 3 is 2.81 bits per heavy atom. The van der Waals surface area contributed by atoms with E-state index in [0.29, 0.717) is 6.61 Å². The third-order valence-corrected chi connectivity index (χ3v) is 2.91. The summed E-state index contributed by atoms with van der Waals surface area (Å²) in [6, 6.07) is 5.83. The van der Waals surface area contributed by atoms with Crippen molar-refractivity contribution in [3.63, 3.8) is 0 Å². The molecule has 2 rings (SSSR count). The van der Waals surface area contributed by atoms with Crippen molar-refractivity contribution in [2.75, 3.05) is 13.2 Å². The second-order valence-electron chi connectivity index (χ2n) is 5.04. The van der Waals surface area contributed by atoms with Gasteiger partial charge in [0.2, 0.25) is 0 Å². The van der Waals surface area contributed by atoms with E-state index >= 15 is 0 Å². The monoisotopic (exact) mass is 301 g/mol. The van der Waals surface area contributed by atoms with Crippen LogP contribution in [0, 0.1) is 0 Å². The second kappa shape index (κ2) is 6.36. The lowest BCUT2D eigenvalue weighted by Gasteiger charge is -2.17. The number of carbonyl (C=O) groups excluding carboxylic acids is 1. The Hall–Kier alpha value is -1.73. The number of amides is 1. The third kappa shape index (κ3) is 4.37. The van der Waals surface area contributed by atoms with Crippen molar-refractivity contribution >= 4 is 5.91 Å². The van der Waals surface area contributed by atoms with Gasteiger partial charge in [-0.15, -0.1) is 0 Å². The normalized spacial score (nSPS) is 20.5. The van der Waals surface area contributed by atoms with Crippen LogP contribution >= 0.6 is 0 Å². The van der Waals surface area contributed by atoms with Crippen molar-refractivity contribution in [3.05, 3.63) is 29.8 Å². The molecule has 1 heterocycles. The van der Waals surface area contributed by atoms with Crippen molar-refractivity contribution in [2.24, 2.45) is 0 Å². The average Bonchev–Trinajstić information content (AvgIpc) is 2.75. The van der Waals surface area contributed by atoms with Gasteiger partial charge in [0.1, 0.15) is 11.9 Å². The zero-order chi connectivity index (χ0) is 15.5. The van der Waals surface area contributed by atoms with E-state index in [1.165, 1.54) is 18.2 Å². The molecular formula is C14H17F2NO4. The lowest BCUT2D eigenvalue weighted by atomic mass is 10.2. The zero-order valence-corrected chi connectivity index (χ0v) is 11.8. The Morgan fingerprint density at radius 2 is 2.19 bits per heavy atom. The Morgan fingerprint density at radius 1 is 1.48 bits per heavy atom. The van der Waals surface area contributed by atoms with Crippen molar-refractivity contribution in [2.45, 2.75) is 32.4 Å². The zero-order valence-electron chi connectivity index (χ0n) is 11.8. The van der Waals surface area contributed by atoms with Gasteiger partial charge in [-0.3, -0.25) is 4.79 Å². The fourth-order valence-electron chi connectivity index (χ4n) is 2.02. The molecule has 0 bridgehead atoms. The Kier molecular flexibility index (Phi) is 4.74. The van der Waals surface area contributed by atoms with Crippen molar-refractivity contribution < 1.29 is 27.8 Å². The molecule has 0 aliphatic carbocycles. The summed E-state index contributed by atoms with van der Waals surface area (Å²) in [5.41, 5.74) is 0.0518. The molecule has 0 saturated carbocycles. The summed E-state index contributed by atoms with van der Waals surface area (Å²) in [6.45, 7) is 1.17. The Balaban J connectivity index is 1.95. The van der Waals surface area contributed by atoms with Gasteiger partial charge >= 0.3 is 6.61 Å². The highest BCUT2D eigenvalue weighted by atomic mass is 19.3. The second-order valence-corrected chi connectivity index (χ2v) is 5.04. The van der Waals surface area contributed by atoms with Gasteiger partial charge in [0.05, 0.1) is 12.2 Å². The Labute approximate surface area is 121 Å². The molecule has 1 unspecified atom stereocenters. The summed E-state index contributed by atoms with van der Waals surface area (Å²) in [5, 5.41) is 2.62. The minimum Gasteiger partial charge on any atom is -0.434 e. The van der Waals surface area contributed by atoms with E-state index in [4.69, 9.17) is 9.47 Å². The molecule has 21 heavy (non-hydrogen) atoms. The highest BCUT2D eigenvalue weighted by molar-refractivity contribution is 5.96. The first-order valence-corrected chi connectivity index (χ1v) is 6.51. The van der Waals surface area contributed by atoms with Crippen molar-refractivity contribution in [3.8, 4) is 5.75 Å². The summed E-state index contributed by atoms with van der Waals surface area (Å²) in [7, 11) is 0. The molecule has 7 heteroatoms. The van der Waals surface area contributed by atoms with Crippen LogP contribution in [0.15, 0.2) is 24.3 Å². The van der Waals surface area contributed by atoms with Gasteiger partial charge in [-0.1, -0.05) is 12.1 Å². The summed E-state index contributed by atoms with van der Waals surface area (Å²) in [4.78, 5) is 12.0. The number of ether oxygens (including phenoxy) is 3. The van der Waals surface area contributed by atoms with Gasteiger partial charge in [-0.25, -0.2) is 0 Å². The topological polar surface area (TPSA) is 56.8 Å². The van der Waals surface area contributed by atoms with Crippen LogP contribution in [0.4, 0.5) is 8.78 Å². The average molecular weight is 301 g/mol. The van der Waals surface area contributed by atoms with E-state index in [1.54, 1.807) is 19.9 Å². The minimum absolute atomic E-state index is 0.0518. The van der Waals surface area contributed by atoms with Crippen LogP contribution in [0.2, 0.25) is 0 Å². The maximum atomic E-state index is 12.3. The molecule has 1 aliphatic heterocycles. The lowest BCUT2D eigenvalue weighted by molar-refractivity contribution is -0.137. The summed E-state index contributed by atoms with van der Waals surface area (Å²) < 4.78 is 39.8. The van der Waals surface area contributed by atoms with E-state index < -0.39 is 18.3 Å². The quantitative estimate of drug-likeness (QED) is 0.905. The molecule has 5 nitrogen and oxygen atoms in total. The number of alkyl halides is 2. The highest BCUT2D eigenvalue weighted by Crippen LogP contribution is 2.23. The fraction of sp³-hybridized carbons (Fsp3) is 0.500. The van der Waals surface area contributed by atoms with Crippen molar-refractivity contribution in [1.82, 2.24) is 5.32 Å². The van der Waals surface area contributed by atoms with Gasteiger partial charge in [-0.2, -0.15) is 8.78 Å². The molecule has 1 aliphatic rings. The SMILES string of the molecule is CC1(C)OCC(CNC(=O)c2ccccc2OC(F)F)O1. The molecule has 1 aromatic rings. The summed E-state index contributed by atoms with van der Waals surface area (Å²) in [6.07, 6.45) is -0.271. The molecule has 1 amide bonds. The number of nitrogens with one attached hydrogen (secondary N) is 1. The van der Waals surface area contributed by atoms with E-state index in [0.717, 1.165) is 0 Å². The molecule has 1 aromatic carbocycles. The van der Waals surface area contributed by atoms with Crippen LogP contribution in [0.5, 0.6) is 5.75 Å². The first-order valence-electron chi connectivity index (χ1n) is 6.51. The number of hydrogen-bond donors (Lipinski definition) is 1. The van der Waals surface area contributed by atoms with Crippen LogP contribution in [0.1, 0.15) is 24.2 Å². The number of benzene rings is 1. The molecule has 0 aromatic heterocycles. The van der Waals surface area contributed by atoms with Crippen LogP contribution in [0.3, 0.4) is 0 Å². The van der Waals surface area contributed by atoms with Crippen LogP contribution in [-0.4, -0.2) is 37.6 Å². The van der Waals surface area contributed by atoms with E-state index in [1.807, 2.05) is 0 Å². The predicted octanol–water partition coefficient (Wildman–Crippen LogP) is 2.17. The summed E-state index contributed by atoms with van der Waals surface area (Å²) in [5.74, 6) is -1.33. The maximum Gasteiger partial charge on any atom is 0.387 e. The smallest absolute Gasteiger partial charge is 0.387 e. The van der Waals surface area contributed by atoms with Crippen LogP contribution < -0.4 is 10.1 Å². The highest BCUT2D eigenvalue weighted by Gasteiger charge is 2.32. The number of rotatable bonds is 5. The van der Waals surface area contributed by atoms with Crippen LogP contribution in [0.25, 0.3) is 0 Å². The number of carbonyl (C=O) groups is 1.